The van der Waals surface area contributed by atoms with Crippen molar-refractivity contribution in [3.05, 3.63) is 44.6 Å². The molecule has 0 saturated heterocycles. The Balaban J connectivity index is 0.00000400. The third-order valence-electron chi connectivity index (χ3n) is 6.79. The summed E-state index contributed by atoms with van der Waals surface area (Å²) in [4.78, 5) is 48.0. The van der Waals surface area contributed by atoms with Gasteiger partial charge in [-0.1, -0.05) is 11.6 Å². The highest BCUT2D eigenvalue weighted by Crippen LogP contribution is 2.28. The predicted molar refractivity (Wildman–Crippen MR) is 149 cm³/mol. The fourth-order valence-corrected chi connectivity index (χ4v) is 6.06. The van der Waals surface area contributed by atoms with Gasteiger partial charge in [-0.2, -0.15) is 0 Å². The van der Waals surface area contributed by atoms with E-state index in [-0.39, 0.29) is 59.3 Å². The molecule has 208 valence electrons. The molecule has 1 fully saturated rings. The Labute approximate surface area is 236 Å². The largest absolute Gasteiger partial charge is 0.374 e. The van der Waals surface area contributed by atoms with E-state index in [0.29, 0.717) is 24.3 Å². The van der Waals surface area contributed by atoms with Crippen molar-refractivity contribution < 1.29 is 18.8 Å². The minimum absolute atomic E-state index is 0. The van der Waals surface area contributed by atoms with Gasteiger partial charge < -0.3 is 25.8 Å². The molecule has 0 unspecified atom stereocenters. The zero-order valence-corrected chi connectivity index (χ0v) is 23.9. The molecule has 2 aliphatic rings. The summed E-state index contributed by atoms with van der Waals surface area (Å²) in [5.41, 5.74) is 1.13. The number of anilines is 1. The average Bonchev–Trinajstić information content (AvgIpc) is 3.27. The number of fused-ring (bicyclic) bond motifs is 1. The van der Waals surface area contributed by atoms with Crippen molar-refractivity contribution in [2.45, 2.75) is 44.3 Å². The highest BCUT2D eigenvalue weighted by Gasteiger charge is 2.37. The Kier molecular flexibility index (Phi) is 10.3. The fraction of sp³-hybridized carbons (Fsp3) is 0.520. The average molecular weight is 588 g/mol. The van der Waals surface area contributed by atoms with Crippen LogP contribution in [0.1, 0.15) is 39.6 Å². The number of amides is 3. The van der Waals surface area contributed by atoms with Gasteiger partial charge in [0.2, 0.25) is 11.8 Å². The summed E-state index contributed by atoms with van der Waals surface area (Å²) in [6.45, 7) is 1.52. The van der Waals surface area contributed by atoms with Crippen LogP contribution in [0, 0.1) is 11.7 Å². The standard InChI is InChI=1S/C25H32ClFN6O3S.ClH/c1-32(2)25(36)14-4-6-18(29-22(34)12-28-17-7-5-15(26)11-16(17)27)20(10-14)30-23(35)24-31-19-8-9-33(3)13-21(19)37-24;/h5,7,11,14,18,20,28H,4,6,8-10,12-13H2,1-3H3,(H,29,34)(H,30,35);1H/t14-,18-,20+;/m0./s1. The summed E-state index contributed by atoms with van der Waals surface area (Å²) in [6, 6.07) is 3.35. The molecule has 2 heterocycles. The van der Waals surface area contributed by atoms with Crippen molar-refractivity contribution in [1.82, 2.24) is 25.4 Å². The maximum Gasteiger partial charge on any atom is 0.280 e. The second kappa shape index (κ2) is 13.1. The molecule has 3 N–H and O–H groups in total. The molecule has 3 atom stereocenters. The maximum absolute atomic E-state index is 14.0. The lowest BCUT2D eigenvalue weighted by Crippen LogP contribution is -2.56. The topological polar surface area (TPSA) is 107 Å². The lowest BCUT2D eigenvalue weighted by atomic mass is 9.81. The number of rotatable bonds is 7. The second-order valence-electron chi connectivity index (χ2n) is 9.85. The van der Waals surface area contributed by atoms with Crippen molar-refractivity contribution >= 4 is 58.8 Å². The number of carbonyl (C=O) groups is 3. The number of carbonyl (C=O) groups excluding carboxylic acids is 3. The minimum atomic E-state index is -0.550. The summed E-state index contributed by atoms with van der Waals surface area (Å²) in [7, 11) is 5.46. The van der Waals surface area contributed by atoms with Gasteiger partial charge in [-0.3, -0.25) is 14.4 Å². The van der Waals surface area contributed by atoms with Gasteiger partial charge in [0, 0.05) is 55.5 Å². The lowest BCUT2D eigenvalue weighted by molar-refractivity contribution is -0.134. The highest BCUT2D eigenvalue weighted by molar-refractivity contribution is 7.13. The first-order valence-electron chi connectivity index (χ1n) is 12.3. The van der Waals surface area contributed by atoms with E-state index in [1.54, 1.807) is 19.0 Å². The predicted octanol–water partition coefficient (Wildman–Crippen LogP) is 2.93. The fourth-order valence-electron chi connectivity index (χ4n) is 4.81. The molecule has 1 aromatic carbocycles. The molecule has 1 aromatic heterocycles. The van der Waals surface area contributed by atoms with Crippen LogP contribution in [-0.4, -0.2) is 78.8 Å². The first kappa shape index (κ1) is 30.1. The van der Waals surface area contributed by atoms with Gasteiger partial charge in [-0.05, 0) is 44.5 Å². The molecule has 1 aliphatic carbocycles. The SMILES string of the molecule is CN1CCc2nc(C(=O)N[C@@H]3C[C@@H](C(=O)N(C)C)CC[C@@H]3NC(=O)CNc3ccc(Cl)cc3F)sc2C1.Cl. The van der Waals surface area contributed by atoms with Gasteiger partial charge in [-0.15, -0.1) is 23.7 Å². The number of nitrogens with zero attached hydrogens (tertiary/aromatic N) is 3. The molecule has 2 aromatic rings. The third kappa shape index (κ3) is 7.34. The number of hydrogen-bond acceptors (Lipinski definition) is 7. The van der Waals surface area contributed by atoms with Crippen molar-refractivity contribution in [2.75, 3.05) is 39.5 Å². The summed E-state index contributed by atoms with van der Waals surface area (Å²) < 4.78 is 14.0. The summed E-state index contributed by atoms with van der Waals surface area (Å²) in [6.07, 6.45) is 2.32. The molecular weight excluding hydrogens is 554 g/mol. The molecule has 38 heavy (non-hydrogen) atoms. The zero-order chi connectivity index (χ0) is 26.7. The van der Waals surface area contributed by atoms with Crippen LogP contribution in [-0.2, 0) is 22.6 Å². The van der Waals surface area contributed by atoms with E-state index < -0.39 is 11.9 Å². The Morgan fingerprint density at radius 3 is 2.68 bits per heavy atom. The minimum Gasteiger partial charge on any atom is -0.374 e. The molecular formula is C25H33Cl2FN6O3S. The molecule has 9 nitrogen and oxygen atoms in total. The van der Waals surface area contributed by atoms with Gasteiger partial charge in [-0.25, -0.2) is 9.37 Å². The van der Waals surface area contributed by atoms with E-state index in [2.05, 4.69) is 25.8 Å². The van der Waals surface area contributed by atoms with Gasteiger partial charge in [0.1, 0.15) is 5.82 Å². The van der Waals surface area contributed by atoms with E-state index in [1.807, 2.05) is 7.05 Å². The lowest BCUT2D eigenvalue weighted by Gasteiger charge is -2.37. The van der Waals surface area contributed by atoms with Crippen LogP contribution in [0.5, 0.6) is 0 Å². The van der Waals surface area contributed by atoms with Crippen molar-refractivity contribution in [3.8, 4) is 0 Å². The normalized spacial score (nSPS) is 21.0. The molecule has 4 rings (SSSR count). The van der Waals surface area contributed by atoms with Gasteiger partial charge >= 0.3 is 0 Å². The number of benzene rings is 1. The smallest absolute Gasteiger partial charge is 0.280 e. The van der Waals surface area contributed by atoms with Crippen LogP contribution >= 0.6 is 35.3 Å². The van der Waals surface area contributed by atoms with E-state index in [9.17, 15) is 18.8 Å². The Hall–Kier alpha value is -2.47. The number of aromatic nitrogens is 1. The van der Waals surface area contributed by atoms with Crippen LogP contribution in [0.4, 0.5) is 10.1 Å². The summed E-state index contributed by atoms with van der Waals surface area (Å²) in [5.74, 6) is -1.45. The van der Waals surface area contributed by atoms with Crippen LogP contribution < -0.4 is 16.0 Å². The summed E-state index contributed by atoms with van der Waals surface area (Å²) in [5, 5.41) is 9.44. The van der Waals surface area contributed by atoms with Crippen LogP contribution in [0.15, 0.2) is 18.2 Å². The Bertz CT molecular complexity index is 1180. The number of halogens is 3. The molecule has 13 heteroatoms. The van der Waals surface area contributed by atoms with Crippen LogP contribution in [0.3, 0.4) is 0 Å². The Morgan fingerprint density at radius 1 is 1.21 bits per heavy atom. The van der Waals surface area contributed by atoms with E-state index in [0.717, 1.165) is 30.1 Å². The molecule has 0 bridgehead atoms. The van der Waals surface area contributed by atoms with Crippen molar-refractivity contribution in [3.63, 3.8) is 0 Å². The number of hydrogen-bond donors (Lipinski definition) is 3. The number of likely N-dealkylation sites (N-methyl/N-ethyl adjacent to an activating group) is 1. The zero-order valence-electron chi connectivity index (χ0n) is 21.6. The first-order chi connectivity index (χ1) is 17.6. The van der Waals surface area contributed by atoms with Gasteiger partial charge in [0.05, 0.1) is 24.0 Å². The molecule has 3 amide bonds. The molecule has 0 radical (unpaired) electrons. The molecule has 1 saturated carbocycles. The monoisotopic (exact) mass is 586 g/mol. The van der Waals surface area contributed by atoms with Gasteiger partial charge in [0.15, 0.2) is 5.01 Å². The first-order valence-corrected chi connectivity index (χ1v) is 13.5. The van der Waals surface area contributed by atoms with E-state index >= 15 is 0 Å². The molecule has 1 aliphatic heterocycles. The van der Waals surface area contributed by atoms with Crippen LogP contribution in [0.25, 0.3) is 0 Å². The van der Waals surface area contributed by atoms with E-state index in [4.69, 9.17) is 11.6 Å². The number of thiazole rings is 1. The van der Waals surface area contributed by atoms with Crippen LogP contribution in [0.2, 0.25) is 5.02 Å². The second-order valence-corrected chi connectivity index (χ2v) is 11.4. The summed E-state index contributed by atoms with van der Waals surface area (Å²) >= 11 is 7.17. The molecule has 0 spiro atoms. The third-order valence-corrected chi connectivity index (χ3v) is 8.11. The highest BCUT2D eigenvalue weighted by atomic mass is 35.5. The maximum atomic E-state index is 14.0. The number of nitrogens with one attached hydrogen (secondary N) is 3. The van der Waals surface area contributed by atoms with E-state index in [1.165, 1.54) is 29.5 Å². The quantitative estimate of drug-likeness (QED) is 0.460. The Morgan fingerprint density at radius 2 is 1.97 bits per heavy atom. The van der Waals surface area contributed by atoms with Crippen molar-refractivity contribution in [2.24, 2.45) is 5.92 Å². The van der Waals surface area contributed by atoms with Crippen molar-refractivity contribution in [1.29, 1.82) is 0 Å². The van der Waals surface area contributed by atoms with Gasteiger partial charge in [0.25, 0.3) is 5.91 Å².